The fourth-order valence-corrected chi connectivity index (χ4v) is 10.7. The number of carbonyl (C=O) groups excluding carboxylic acids is 3. The van der Waals surface area contributed by atoms with Gasteiger partial charge in [0.2, 0.25) is 5.91 Å². The van der Waals surface area contributed by atoms with Crippen LogP contribution in [0.4, 0.5) is 16.2 Å². The highest BCUT2D eigenvalue weighted by molar-refractivity contribution is 5.97. The molecule has 1 aliphatic heterocycles. The summed E-state index contributed by atoms with van der Waals surface area (Å²) in [5, 5.41) is 21.9. The third-order valence-electron chi connectivity index (χ3n) is 14.2. The Morgan fingerprint density at radius 3 is 2.28 bits per heavy atom. The van der Waals surface area contributed by atoms with E-state index in [9.17, 15) is 19.5 Å². The van der Waals surface area contributed by atoms with Gasteiger partial charge in [-0.25, -0.2) is 4.79 Å². The van der Waals surface area contributed by atoms with Gasteiger partial charge in [0.05, 0.1) is 26.2 Å². The van der Waals surface area contributed by atoms with E-state index in [2.05, 4.69) is 53.8 Å². The number of aliphatic hydroxyl groups is 1. The molecule has 13 heteroatoms. The van der Waals surface area contributed by atoms with E-state index in [-0.39, 0.29) is 41.8 Å². The van der Waals surface area contributed by atoms with Crippen molar-refractivity contribution in [2.45, 2.75) is 83.8 Å². The maximum atomic E-state index is 14.8. The molecule has 8 rings (SSSR count). The summed E-state index contributed by atoms with van der Waals surface area (Å²) in [4.78, 5) is 52.8. The quantitative estimate of drug-likeness (QED) is 0.0857. The summed E-state index contributed by atoms with van der Waals surface area (Å²) < 4.78 is 12.1. The Balaban J connectivity index is 1.18. The molecule has 1 saturated heterocycles. The zero-order valence-corrected chi connectivity index (χ0v) is 39.4. The first-order chi connectivity index (χ1) is 31.1. The summed E-state index contributed by atoms with van der Waals surface area (Å²) in [6.07, 6.45) is 0.375. The van der Waals surface area contributed by atoms with Crippen LogP contribution in [0.25, 0.3) is 11.1 Å². The van der Waals surface area contributed by atoms with Crippen LogP contribution in [0.5, 0.6) is 5.75 Å². The normalized spacial score (nSPS) is 24.3. The van der Waals surface area contributed by atoms with Crippen LogP contribution in [0.15, 0.2) is 97.1 Å². The zero-order chi connectivity index (χ0) is 46.6. The SMILES string of the molecule is COc1c(CN2O[C@@H](CO)C(C(C)OC(=O)Nc3ccccc3)[C@H]2C(=O)N[C@H]2C[C@H]3C[C@@H]([C@@H]2C)C3(C)C)cccc1-c1cc(C(=O)N[C@@H](Cc2ccccc2)CN(C)C)cc(N(C)C)c1. The van der Waals surface area contributed by atoms with Crippen molar-refractivity contribution < 1.29 is 33.8 Å². The molecule has 3 saturated carbocycles. The molecule has 65 heavy (non-hydrogen) atoms. The van der Waals surface area contributed by atoms with Gasteiger partial charge in [-0.05, 0) is 105 Å². The molecule has 2 unspecified atom stereocenters. The lowest BCUT2D eigenvalue weighted by molar-refractivity contribution is -0.183. The summed E-state index contributed by atoms with van der Waals surface area (Å²) in [7, 11) is 9.49. The number of para-hydroxylation sites is 2. The highest BCUT2D eigenvalue weighted by atomic mass is 16.7. The minimum Gasteiger partial charge on any atom is -0.496 e. The Morgan fingerprint density at radius 1 is 0.938 bits per heavy atom. The van der Waals surface area contributed by atoms with Crippen LogP contribution in [-0.2, 0) is 27.3 Å². The number of methoxy groups -OCH3 is 1. The lowest BCUT2D eigenvalue weighted by Gasteiger charge is -2.62. The molecule has 3 aliphatic carbocycles. The van der Waals surface area contributed by atoms with E-state index in [1.165, 1.54) is 6.42 Å². The second-order valence-electron chi connectivity index (χ2n) is 19.4. The van der Waals surface area contributed by atoms with Gasteiger partial charge in [0.15, 0.2) is 0 Å². The number of hydrogen-bond acceptors (Lipinski definition) is 10. The van der Waals surface area contributed by atoms with Crippen molar-refractivity contribution in [3.8, 4) is 16.9 Å². The minimum atomic E-state index is -0.933. The summed E-state index contributed by atoms with van der Waals surface area (Å²) in [5.74, 6) is 0.693. The van der Waals surface area contributed by atoms with Gasteiger partial charge in [-0.3, -0.25) is 19.7 Å². The number of carbonyl (C=O) groups is 3. The standard InChI is InChI=1S/C52H68N6O7/c1-32-43-27-38(52(43,3)4)28-44(32)55-50(61)47-46(33(2)64-51(62)54-39-20-14-11-15-21-39)45(31-59)65-58(47)29-35-19-16-22-42(48(35)63-9)36-24-37(26-41(25-36)57(7)8)49(60)53-40(30-56(5)6)23-34-17-12-10-13-18-34/h10-22,24-26,32-33,38,40,43-47,59H,23,27-31H2,1-9H3,(H,53,60)(H,54,62)(H,55,61)/t32-,33?,38+,40-,43-,44-,45-,46?,47-/m0/s1. The van der Waals surface area contributed by atoms with Crippen LogP contribution >= 0.6 is 0 Å². The predicted molar refractivity (Wildman–Crippen MR) is 255 cm³/mol. The zero-order valence-electron chi connectivity index (χ0n) is 39.4. The first-order valence-corrected chi connectivity index (χ1v) is 22.9. The molecule has 4 aliphatic rings. The third-order valence-corrected chi connectivity index (χ3v) is 14.2. The fraction of sp³-hybridized carbons (Fsp3) is 0.481. The number of hydroxylamine groups is 2. The van der Waals surface area contributed by atoms with Crippen molar-refractivity contribution in [2.24, 2.45) is 29.1 Å². The Morgan fingerprint density at radius 2 is 1.65 bits per heavy atom. The van der Waals surface area contributed by atoms with Gasteiger partial charge >= 0.3 is 6.09 Å². The molecule has 4 N–H and O–H groups in total. The number of fused-ring (bicyclic) bond motifs is 2. The lowest BCUT2D eigenvalue weighted by atomic mass is 9.45. The molecule has 2 bridgehead atoms. The number of benzene rings is 4. The van der Waals surface area contributed by atoms with Crippen LogP contribution in [0.2, 0.25) is 0 Å². The molecule has 3 amide bonds. The number of amides is 3. The van der Waals surface area contributed by atoms with Gasteiger partial charge in [-0.15, -0.1) is 0 Å². The molecule has 348 valence electrons. The van der Waals surface area contributed by atoms with Crippen molar-refractivity contribution in [1.82, 2.24) is 20.6 Å². The summed E-state index contributed by atoms with van der Waals surface area (Å²) >= 11 is 0. The third kappa shape index (κ3) is 10.6. The molecule has 0 aromatic heterocycles. The minimum absolute atomic E-state index is 0.0303. The monoisotopic (exact) mass is 889 g/mol. The summed E-state index contributed by atoms with van der Waals surface area (Å²) in [5.41, 5.74) is 5.53. The number of aliphatic hydroxyl groups excluding tert-OH is 1. The number of likely N-dealkylation sites (N-methyl/N-ethyl adjacent to an activating group) is 1. The molecule has 4 aromatic rings. The molecular weight excluding hydrogens is 821 g/mol. The Bertz CT molecular complexity index is 2270. The second-order valence-corrected chi connectivity index (χ2v) is 19.4. The molecule has 4 aromatic carbocycles. The van der Waals surface area contributed by atoms with E-state index in [1.54, 1.807) is 31.2 Å². The van der Waals surface area contributed by atoms with Gasteiger partial charge in [-0.2, -0.15) is 5.06 Å². The average molecular weight is 889 g/mol. The molecule has 4 fully saturated rings. The van der Waals surface area contributed by atoms with E-state index in [4.69, 9.17) is 14.3 Å². The maximum Gasteiger partial charge on any atom is 0.411 e. The number of rotatable bonds is 17. The summed E-state index contributed by atoms with van der Waals surface area (Å²) in [6, 6.07) is 29.7. The van der Waals surface area contributed by atoms with Gasteiger partial charge < -0.3 is 35.0 Å². The van der Waals surface area contributed by atoms with Crippen molar-refractivity contribution in [1.29, 1.82) is 0 Å². The van der Waals surface area contributed by atoms with E-state index in [1.807, 2.05) is 106 Å². The van der Waals surface area contributed by atoms with Gasteiger partial charge in [0.1, 0.15) is 24.0 Å². The van der Waals surface area contributed by atoms with Crippen LogP contribution in [0, 0.1) is 29.1 Å². The molecule has 9 atom stereocenters. The molecule has 1 heterocycles. The summed E-state index contributed by atoms with van der Waals surface area (Å²) in [6.45, 7) is 8.99. The van der Waals surface area contributed by atoms with E-state index < -0.39 is 36.9 Å². The van der Waals surface area contributed by atoms with E-state index in [0.29, 0.717) is 41.8 Å². The number of nitrogens with one attached hydrogen (secondary N) is 3. The lowest BCUT2D eigenvalue weighted by Crippen LogP contribution is -2.62. The van der Waals surface area contributed by atoms with Gasteiger partial charge in [0, 0.05) is 60.8 Å². The first kappa shape index (κ1) is 47.5. The average Bonchev–Trinajstić information content (AvgIpc) is 3.65. The molecule has 0 radical (unpaired) electrons. The van der Waals surface area contributed by atoms with Crippen molar-refractivity contribution in [2.75, 3.05) is 58.7 Å². The van der Waals surface area contributed by atoms with Crippen LogP contribution in [-0.4, -0.2) is 112 Å². The molecular formula is C52H68N6O7. The van der Waals surface area contributed by atoms with Crippen molar-refractivity contribution in [3.63, 3.8) is 0 Å². The second kappa shape index (κ2) is 20.4. The fourth-order valence-electron chi connectivity index (χ4n) is 10.7. The molecule has 13 nitrogen and oxygen atoms in total. The number of nitrogens with zero attached hydrogens (tertiary/aromatic N) is 3. The number of hydrogen-bond donors (Lipinski definition) is 4. The van der Waals surface area contributed by atoms with Crippen molar-refractivity contribution >= 4 is 29.3 Å². The van der Waals surface area contributed by atoms with Gasteiger partial charge in [0.25, 0.3) is 5.91 Å². The molecule has 0 spiro atoms. The van der Waals surface area contributed by atoms with Crippen molar-refractivity contribution in [3.05, 3.63) is 114 Å². The van der Waals surface area contributed by atoms with E-state index in [0.717, 1.165) is 34.4 Å². The Kier molecular flexibility index (Phi) is 14.9. The smallest absolute Gasteiger partial charge is 0.411 e. The van der Waals surface area contributed by atoms with Crippen LogP contribution in [0.3, 0.4) is 0 Å². The first-order valence-electron chi connectivity index (χ1n) is 22.9. The Labute approximate surface area is 384 Å². The van der Waals surface area contributed by atoms with E-state index >= 15 is 0 Å². The highest BCUT2D eigenvalue weighted by Crippen LogP contribution is 2.61. The number of anilines is 2. The Hall–Kier alpha value is -5.47. The predicted octanol–water partition coefficient (Wildman–Crippen LogP) is 7.25. The highest BCUT2D eigenvalue weighted by Gasteiger charge is 2.57. The van der Waals surface area contributed by atoms with Crippen LogP contribution in [0.1, 0.15) is 62.0 Å². The topological polar surface area (TPSA) is 145 Å². The number of ether oxygens (including phenoxy) is 2. The largest absolute Gasteiger partial charge is 0.496 e. The van der Waals surface area contributed by atoms with Gasteiger partial charge in [-0.1, -0.05) is 87.5 Å². The van der Waals surface area contributed by atoms with Crippen LogP contribution < -0.4 is 25.6 Å². The maximum absolute atomic E-state index is 14.8.